The van der Waals surface area contributed by atoms with Gasteiger partial charge in [-0.2, -0.15) is 4.31 Å². The van der Waals surface area contributed by atoms with Gasteiger partial charge in [-0.3, -0.25) is 14.9 Å². The second-order valence-electron chi connectivity index (χ2n) is 5.84. The Labute approximate surface area is 163 Å². The molecule has 9 nitrogen and oxygen atoms in total. The van der Waals surface area contributed by atoms with E-state index < -0.39 is 27.4 Å². The Kier molecular flexibility index (Phi) is 7.07. The molecule has 0 fully saturated rings. The van der Waals surface area contributed by atoms with Gasteiger partial charge >= 0.3 is 0 Å². The number of carbonyl (C=O) groups excluding carboxylic acids is 1. The van der Waals surface area contributed by atoms with Crippen LogP contribution in [-0.4, -0.2) is 43.8 Å². The Morgan fingerprint density at radius 1 is 1.18 bits per heavy atom. The average Bonchev–Trinajstić information content (AvgIpc) is 2.68. The van der Waals surface area contributed by atoms with Crippen LogP contribution in [0.4, 0.5) is 11.4 Å². The highest BCUT2D eigenvalue weighted by atomic mass is 32.2. The molecule has 2 aromatic rings. The van der Waals surface area contributed by atoms with E-state index in [-0.39, 0.29) is 17.1 Å². The van der Waals surface area contributed by atoms with Crippen molar-refractivity contribution in [3.8, 4) is 5.75 Å². The summed E-state index contributed by atoms with van der Waals surface area (Å²) >= 11 is 0. The molecule has 0 aliphatic heterocycles. The van der Waals surface area contributed by atoms with Gasteiger partial charge in [-0.25, -0.2) is 8.42 Å². The van der Waals surface area contributed by atoms with Crippen molar-refractivity contribution in [2.75, 3.05) is 25.5 Å². The number of benzene rings is 2. The normalized spacial score (nSPS) is 11.2. The highest BCUT2D eigenvalue weighted by molar-refractivity contribution is 7.89. The summed E-state index contributed by atoms with van der Waals surface area (Å²) in [6.45, 7) is 1.51. The maximum absolute atomic E-state index is 12.9. The van der Waals surface area contributed by atoms with E-state index in [2.05, 4.69) is 5.32 Å². The maximum atomic E-state index is 12.9. The lowest BCUT2D eigenvalue weighted by molar-refractivity contribution is -0.384. The molecule has 0 aliphatic carbocycles. The van der Waals surface area contributed by atoms with Gasteiger partial charge in [0.05, 0.1) is 29.2 Å². The van der Waals surface area contributed by atoms with Crippen molar-refractivity contribution in [2.24, 2.45) is 0 Å². The van der Waals surface area contributed by atoms with E-state index in [9.17, 15) is 23.3 Å². The third-order valence-electron chi connectivity index (χ3n) is 3.86. The number of nitrogens with one attached hydrogen (secondary N) is 1. The van der Waals surface area contributed by atoms with Gasteiger partial charge in [0.2, 0.25) is 15.9 Å². The summed E-state index contributed by atoms with van der Waals surface area (Å²) in [5, 5.41) is 13.4. The Bertz CT molecular complexity index is 944. The minimum absolute atomic E-state index is 0.114. The highest BCUT2D eigenvalue weighted by Crippen LogP contribution is 2.24. The molecular formula is C18H21N3O6S. The minimum Gasteiger partial charge on any atom is -0.495 e. The zero-order valence-corrected chi connectivity index (χ0v) is 16.3. The standard InChI is InChI=1S/C18H21N3O6S/c1-3-12-20(13-18(22)19-16-6-4-5-7-17(16)27-2)28(25,26)15-10-8-14(9-11-15)21(23)24/h4-11H,3,12-13H2,1-2H3,(H,19,22). The number of nitrogens with zero attached hydrogens (tertiary/aromatic N) is 2. The average molecular weight is 407 g/mol. The molecule has 0 aromatic heterocycles. The van der Waals surface area contributed by atoms with Crippen LogP contribution in [0.3, 0.4) is 0 Å². The van der Waals surface area contributed by atoms with E-state index in [0.29, 0.717) is 17.9 Å². The molecule has 0 unspecified atom stereocenters. The molecule has 1 N–H and O–H groups in total. The molecule has 0 heterocycles. The van der Waals surface area contributed by atoms with Crippen LogP contribution in [0.5, 0.6) is 5.75 Å². The number of hydrogen-bond acceptors (Lipinski definition) is 6. The highest BCUT2D eigenvalue weighted by Gasteiger charge is 2.26. The molecule has 1 amide bonds. The van der Waals surface area contributed by atoms with E-state index in [1.54, 1.807) is 31.2 Å². The van der Waals surface area contributed by atoms with E-state index >= 15 is 0 Å². The number of non-ortho nitro benzene ring substituents is 1. The van der Waals surface area contributed by atoms with E-state index in [0.717, 1.165) is 28.6 Å². The van der Waals surface area contributed by atoms with Crippen molar-refractivity contribution in [3.63, 3.8) is 0 Å². The first-order chi connectivity index (χ1) is 13.3. The van der Waals surface area contributed by atoms with Crippen molar-refractivity contribution in [1.29, 1.82) is 0 Å². The molecular weight excluding hydrogens is 386 g/mol. The summed E-state index contributed by atoms with van der Waals surface area (Å²) in [7, 11) is -2.52. The van der Waals surface area contributed by atoms with Gasteiger partial charge in [0.15, 0.2) is 0 Å². The Morgan fingerprint density at radius 3 is 2.39 bits per heavy atom. The van der Waals surface area contributed by atoms with Crippen LogP contribution < -0.4 is 10.1 Å². The number of ether oxygens (including phenoxy) is 1. The molecule has 0 aliphatic rings. The molecule has 0 spiro atoms. The number of carbonyl (C=O) groups is 1. The summed E-state index contributed by atoms with van der Waals surface area (Å²) in [4.78, 5) is 22.5. The van der Waals surface area contributed by atoms with Gasteiger partial charge in [0.25, 0.3) is 5.69 Å². The molecule has 2 aromatic carbocycles. The van der Waals surface area contributed by atoms with Crippen molar-refractivity contribution in [2.45, 2.75) is 18.2 Å². The number of nitro benzene ring substituents is 1. The fraction of sp³-hybridized carbons (Fsp3) is 0.278. The maximum Gasteiger partial charge on any atom is 0.269 e. The number of amides is 1. The van der Waals surface area contributed by atoms with Crippen LogP contribution in [0.25, 0.3) is 0 Å². The second kappa shape index (κ2) is 9.29. The fourth-order valence-corrected chi connectivity index (χ4v) is 4.01. The molecule has 0 saturated heterocycles. The summed E-state index contributed by atoms with van der Waals surface area (Å²) < 4.78 is 31.9. The third kappa shape index (κ3) is 5.05. The molecule has 0 saturated carbocycles. The SMILES string of the molecule is CCCN(CC(=O)Nc1ccccc1OC)S(=O)(=O)c1ccc([N+](=O)[O-])cc1. The molecule has 0 radical (unpaired) electrons. The number of anilines is 1. The van der Waals surface area contributed by atoms with E-state index in [1.165, 1.54) is 7.11 Å². The van der Waals surface area contributed by atoms with Crippen LogP contribution >= 0.6 is 0 Å². The van der Waals surface area contributed by atoms with Crippen LogP contribution in [0.2, 0.25) is 0 Å². The lowest BCUT2D eigenvalue weighted by Gasteiger charge is -2.21. The number of rotatable bonds is 9. The van der Waals surface area contributed by atoms with E-state index in [1.807, 2.05) is 0 Å². The number of hydrogen-bond donors (Lipinski definition) is 1. The first-order valence-electron chi connectivity index (χ1n) is 8.47. The lowest BCUT2D eigenvalue weighted by atomic mass is 10.3. The summed E-state index contributed by atoms with van der Waals surface area (Å²) in [5.41, 5.74) is 0.217. The third-order valence-corrected chi connectivity index (χ3v) is 5.72. The molecule has 10 heteroatoms. The van der Waals surface area contributed by atoms with Gasteiger partial charge in [-0.1, -0.05) is 19.1 Å². The molecule has 0 bridgehead atoms. The van der Waals surface area contributed by atoms with Gasteiger partial charge in [0, 0.05) is 18.7 Å². The number of para-hydroxylation sites is 2. The first kappa shape index (κ1) is 21.3. The molecule has 2 rings (SSSR count). The minimum atomic E-state index is -3.99. The number of nitro groups is 1. The van der Waals surface area contributed by atoms with Crippen LogP contribution in [-0.2, 0) is 14.8 Å². The molecule has 0 atom stereocenters. The zero-order chi connectivity index (χ0) is 20.7. The monoisotopic (exact) mass is 407 g/mol. The first-order valence-corrected chi connectivity index (χ1v) is 9.91. The van der Waals surface area contributed by atoms with Crippen molar-refractivity contribution < 1.29 is 22.9 Å². The van der Waals surface area contributed by atoms with E-state index in [4.69, 9.17) is 4.74 Å². The smallest absolute Gasteiger partial charge is 0.269 e. The van der Waals surface area contributed by atoms with Crippen LogP contribution in [0, 0.1) is 10.1 Å². The van der Waals surface area contributed by atoms with Gasteiger partial charge in [-0.15, -0.1) is 0 Å². The van der Waals surface area contributed by atoms with Gasteiger partial charge < -0.3 is 10.1 Å². The van der Waals surface area contributed by atoms with Gasteiger partial charge in [0.1, 0.15) is 5.75 Å². The van der Waals surface area contributed by atoms with Crippen molar-refractivity contribution >= 4 is 27.3 Å². The van der Waals surface area contributed by atoms with Gasteiger partial charge in [-0.05, 0) is 30.7 Å². The summed E-state index contributed by atoms with van der Waals surface area (Å²) in [6.07, 6.45) is 0.494. The predicted octanol–water partition coefficient (Wildman–Crippen LogP) is 2.64. The Hall–Kier alpha value is -2.98. The number of sulfonamides is 1. The Morgan fingerprint density at radius 2 is 1.82 bits per heavy atom. The second-order valence-corrected chi connectivity index (χ2v) is 7.78. The Balaban J connectivity index is 2.21. The fourth-order valence-electron chi connectivity index (χ4n) is 2.52. The topological polar surface area (TPSA) is 119 Å². The van der Waals surface area contributed by atoms with Crippen molar-refractivity contribution in [1.82, 2.24) is 4.31 Å². The largest absolute Gasteiger partial charge is 0.495 e. The van der Waals surface area contributed by atoms with Crippen molar-refractivity contribution in [3.05, 3.63) is 58.6 Å². The summed E-state index contributed by atoms with van der Waals surface area (Å²) in [5.74, 6) is -0.0699. The summed E-state index contributed by atoms with van der Waals surface area (Å²) in [6, 6.07) is 11.3. The van der Waals surface area contributed by atoms with Crippen LogP contribution in [0.1, 0.15) is 13.3 Å². The molecule has 150 valence electrons. The lowest BCUT2D eigenvalue weighted by Crippen LogP contribution is -2.38. The number of methoxy groups -OCH3 is 1. The van der Waals surface area contributed by atoms with Crippen LogP contribution in [0.15, 0.2) is 53.4 Å². The quantitative estimate of drug-likeness (QED) is 0.504. The predicted molar refractivity (Wildman–Crippen MR) is 104 cm³/mol. The molecule has 28 heavy (non-hydrogen) atoms. The zero-order valence-electron chi connectivity index (χ0n) is 15.5.